The maximum Gasteiger partial charge on any atom is 0.236 e. The molecule has 0 spiro atoms. The molecule has 6 heteroatoms. The zero-order valence-corrected chi connectivity index (χ0v) is 12.6. The summed E-state index contributed by atoms with van der Waals surface area (Å²) in [4.78, 5) is 14.4. The highest BCUT2D eigenvalue weighted by Gasteiger charge is 2.44. The van der Waals surface area contributed by atoms with Crippen LogP contribution in [-0.2, 0) is 9.53 Å². The first kappa shape index (κ1) is 16.8. The van der Waals surface area contributed by atoms with E-state index in [1.54, 1.807) is 11.9 Å². The monoisotopic (exact) mass is 285 g/mol. The second-order valence-electron chi connectivity index (χ2n) is 5.41. The Labute approximate surface area is 120 Å². The molecule has 1 fully saturated rings. The van der Waals surface area contributed by atoms with E-state index in [0.717, 1.165) is 25.7 Å². The molecule has 0 radical (unpaired) electrons. The number of oxime groups is 1. The van der Waals surface area contributed by atoms with Crippen molar-refractivity contribution in [2.45, 2.75) is 45.4 Å². The van der Waals surface area contributed by atoms with Gasteiger partial charge in [-0.05, 0) is 19.8 Å². The lowest BCUT2D eigenvalue weighted by atomic mass is 9.77. The first-order valence-electron chi connectivity index (χ1n) is 7.40. The Bertz CT molecular complexity index is 337. The van der Waals surface area contributed by atoms with Crippen molar-refractivity contribution in [2.75, 3.05) is 26.8 Å². The molecule has 1 rings (SSSR count). The highest BCUT2D eigenvalue weighted by molar-refractivity contribution is 6.06. The Morgan fingerprint density at radius 2 is 1.95 bits per heavy atom. The van der Waals surface area contributed by atoms with Crippen LogP contribution in [0.15, 0.2) is 5.16 Å². The van der Waals surface area contributed by atoms with Gasteiger partial charge in [0.2, 0.25) is 5.91 Å². The molecule has 20 heavy (non-hydrogen) atoms. The van der Waals surface area contributed by atoms with Gasteiger partial charge in [-0.25, -0.2) is 0 Å². The number of rotatable bonds is 6. The van der Waals surface area contributed by atoms with Gasteiger partial charge in [-0.15, -0.1) is 0 Å². The average Bonchev–Trinajstić information content (AvgIpc) is 2.72. The van der Waals surface area contributed by atoms with E-state index in [2.05, 4.69) is 5.16 Å². The average molecular weight is 285 g/mol. The summed E-state index contributed by atoms with van der Waals surface area (Å²) in [7, 11) is 1.75. The van der Waals surface area contributed by atoms with Crippen LogP contribution in [0.5, 0.6) is 0 Å². The zero-order chi connectivity index (χ0) is 15.0. The van der Waals surface area contributed by atoms with Crippen molar-refractivity contribution >= 4 is 11.7 Å². The van der Waals surface area contributed by atoms with E-state index in [9.17, 15) is 4.79 Å². The molecule has 0 atom stereocenters. The Morgan fingerprint density at radius 1 is 1.35 bits per heavy atom. The van der Waals surface area contributed by atoms with Crippen molar-refractivity contribution in [3.8, 4) is 0 Å². The van der Waals surface area contributed by atoms with Crippen molar-refractivity contribution in [3.63, 3.8) is 0 Å². The molecule has 0 saturated heterocycles. The predicted octanol–water partition coefficient (Wildman–Crippen LogP) is 1.57. The molecule has 116 valence electrons. The molecule has 0 bridgehead atoms. The van der Waals surface area contributed by atoms with Gasteiger partial charge in [0.1, 0.15) is 5.41 Å². The highest BCUT2D eigenvalue weighted by Crippen LogP contribution is 2.37. The van der Waals surface area contributed by atoms with E-state index in [0.29, 0.717) is 32.6 Å². The number of nitrogens with zero attached hydrogens (tertiary/aromatic N) is 2. The number of hydrogen-bond donors (Lipinski definition) is 2. The molecule has 1 saturated carbocycles. The number of amidine groups is 1. The van der Waals surface area contributed by atoms with Crippen LogP contribution in [0, 0.1) is 5.41 Å². The fraction of sp³-hybridized carbons (Fsp3) is 0.857. The summed E-state index contributed by atoms with van der Waals surface area (Å²) in [6, 6.07) is 0. The molecule has 3 N–H and O–H groups in total. The molecule has 1 aliphatic rings. The number of ether oxygens (including phenoxy) is 1. The fourth-order valence-corrected chi connectivity index (χ4v) is 2.82. The van der Waals surface area contributed by atoms with Gasteiger partial charge in [0.05, 0.1) is 6.61 Å². The number of carbonyl (C=O) groups excluding carboxylic acids is 1. The lowest BCUT2D eigenvalue weighted by Gasteiger charge is -2.34. The number of carbonyl (C=O) groups is 1. The minimum absolute atomic E-state index is 0.0488. The lowest BCUT2D eigenvalue weighted by molar-refractivity contribution is -0.138. The first-order valence-corrected chi connectivity index (χ1v) is 7.40. The first-order chi connectivity index (χ1) is 9.58. The molecule has 0 heterocycles. The van der Waals surface area contributed by atoms with E-state index in [-0.39, 0.29) is 11.7 Å². The van der Waals surface area contributed by atoms with Crippen LogP contribution in [-0.4, -0.2) is 48.7 Å². The summed E-state index contributed by atoms with van der Waals surface area (Å²) in [5.74, 6) is -0.0120. The summed E-state index contributed by atoms with van der Waals surface area (Å²) in [5.41, 5.74) is 5.03. The van der Waals surface area contributed by atoms with Crippen LogP contribution in [0.2, 0.25) is 0 Å². The van der Waals surface area contributed by atoms with Gasteiger partial charge < -0.3 is 20.6 Å². The molecule has 0 aromatic carbocycles. The van der Waals surface area contributed by atoms with Crippen molar-refractivity contribution in [2.24, 2.45) is 16.3 Å². The van der Waals surface area contributed by atoms with E-state index in [1.807, 2.05) is 6.92 Å². The minimum Gasteiger partial charge on any atom is -0.409 e. The van der Waals surface area contributed by atoms with Gasteiger partial charge in [0.15, 0.2) is 5.84 Å². The largest absolute Gasteiger partial charge is 0.409 e. The third-order valence-electron chi connectivity index (χ3n) is 4.09. The lowest BCUT2D eigenvalue weighted by Crippen LogP contribution is -2.50. The molecule has 6 nitrogen and oxygen atoms in total. The highest BCUT2D eigenvalue weighted by atomic mass is 16.5. The standard InChI is InChI=1S/C14H27N3O3/c1-3-20-11-10-17(2)13(18)14(12(15)16-19)8-6-4-5-7-9-14/h19H,3-11H2,1-2H3,(H2,15,16). The Balaban J connectivity index is 2.84. The molecule has 0 unspecified atom stereocenters. The van der Waals surface area contributed by atoms with Crippen LogP contribution in [0.4, 0.5) is 0 Å². The molecule has 1 aliphatic carbocycles. The number of amides is 1. The second kappa shape index (κ2) is 8.09. The summed E-state index contributed by atoms with van der Waals surface area (Å²) < 4.78 is 5.28. The van der Waals surface area contributed by atoms with Crippen LogP contribution >= 0.6 is 0 Å². The zero-order valence-electron chi connectivity index (χ0n) is 12.6. The van der Waals surface area contributed by atoms with Gasteiger partial charge >= 0.3 is 0 Å². The van der Waals surface area contributed by atoms with E-state index >= 15 is 0 Å². The Kier molecular flexibility index (Phi) is 6.78. The molecule has 0 aromatic heterocycles. The number of hydrogen-bond acceptors (Lipinski definition) is 4. The van der Waals surface area contributed by atoms with Gasteiger partial charge in [-0.3, -0.25) is 4.79 Å². The van der Waals surface area contributed by atoms with Crippen molar-refractivity contribution in [1.82, 2.24) is 4.90 Å². The van der Waals surface area contributed by atoms with E-state index in [4.69, 9.17) is 15.7 Å². The summed E-state index contributed by atoms with van der Waals surface area (Å²) in [5, 5.41) is 12.2. The van der Waals surface area contributed by atoms with Gasteiger partial charge in [0.25, 0.3) is 0 Å². The maximum absolute atomic E-state index is 12.8. The summed E-state index contributed by atoms with van der Waals surface area (Å²) in [6.07, 6.45) is 5.36. The quantitative estimate of drug-likeness (QED) is 0.194. The molecular formula is C14H27N3O3. The number of likely N-dealkylation sites (N-methyl/N-ethyl adjacent to an activating group) is 1. The second-order valence-corrected chi connectivity index (χ2v) is 5.41. The van der Waals surface area contributed by atoms with E-state index in [1.165, 1.54) is 0 Å². The topological polar surface area (TPSA) is 88.2 Å². The molecule has 1 amide bonds. The summed E-state index contributed by atoms with van der Waals surface area (Å²) >= 11 is 0. The Morgan fingerprint density at radius 3 is 2.45 bits per heavy atom. The van der Waals surface area contributed by atoms with Gasteiger partial charge in [-0.1, -0.05) is 30.8 Å². The predicted molar refractivity (Wildman–Crippen MR) is 77.7 cm³/mol. The van der Waals surface area contributed by atoms with Gasteiger partial charge in [-0.2, -0.15) is 0 Å². The SMILES string of the molecule is CCOCCN(C)C(=O)C1(C(N)=NO)CCCCCC1. The third kappa shape index (κ3) is 3.85. The Hall–Kier alpha value is -1.30. The number of nitrogens with two attached hydrogens (primary N) is 1. The third-order valence-corrected chi connectivity index (χ3v) is 4.09. The van der Waals surface area contributed by atoms with Gasteiger partial charge in [0, 0.05) is 20.2 Å². The fourth-order valence-electron chi connectivity index (χ4n) is 2.82. The van der Waals surface area contributed by atoms with Crippen LogP contribution in [0.1, 0.15) is 45.4 Å². The molecule has 0 aromatic rings. The molecule has 0 aliphatic heterocycles. The smallest absolute Gasteiger partial charge is 0.236 e. The van der Waals surface area contributed by atoms with E-state index < -0.39 is 5.41 Å². The van der Waals surface area contributed by atoms with Crippen LogP contribution in [0.25, 0.3) is 0 Å². The maximum atomic E-state index is 12.8. The summed E-state index contributed by atoms with van der Waals surface area (Å²) in [6.45, 7) is 3.58. The van der Waals surface area contributed by atoms with Crippen LogP contribution < -0.4 is 5.73 Å². The minimum atomic E-state index is -0.841. The van der Waals surface area contributed by atoms with Crippen molar-refractivity contribution in [1.29, 1.82) is 0 Å². The van der Waals surface area contributed by atoms with Crippen LogP contribution in [0.3, 0.4) is 0 Å². The van der Waals surface area contributed by atoms with Crippen molar-refractivity contribution < 1.29 is 14.7 Å². The van der Waals surface area contributed by atoms with Crippen molar-refractivity contribution in [3.05, 3.63) is 0 Å². The normalized spacial score (nSPS) is 19.4. The molecular weight excluding hydrogens is 258 g/mol.